The number of amides is 1. The van der Waals surface area contributed by atoms with Crippen molar-refractivity contribution in [3.63, 3.8) is 0 Å². The van der Waals surface area contributed by atoms with E-state index in [1.165, 1.54) is 24.3 Å². The summed E-state index contributed by atoms with van der Waals surface area (Å²) in [6, 6.07) is 4.27. The van der Waals surface area contributed by atoms with Crippen LogP contribution in [0.4, 0.5) is 0 Å². The molecule has 0 aliphatic heterocycles. The Bertz CT molecular complexity index is 804. The monoisotopic (exact) mass is 380 g/mol. The average Bonchev–Trinajstić information content (AvgIpc) is 2.55. The lowest BCUT2D eigenvalue weighted by Crippen LogP contribution is -2.41. The van der Waals surface area contributed by atoms with Gasteiger partial charge in [0.25, 0.3) is 5.91 Å². The molecule has 1 amide bonds. The molecule has 0 spiro atoms. The minimum atomic E-state index is -3.84. The average molecular weight is 380 g/mol. The number of carbonyl (C=O) groups excluding carboxylic acids is 1. The van der Waals surface area contributed by atoms with Gasteiger partial charge in [-0.1, -0.05) is 32.8 Å². The van der Waals surface area contributed by atoms with Gasteiger partial charge in [0.15, 0.2) is 0 Å². The van der Waals surface area contributed by atoms with E-state index in [-0.39, 0.29) is 28.8 Å². The van der Waals surface area contributed by atoms with Gasteiger partial charge in [0.05, 0.1) is 11.4 Å². The van der Waals surface area contributed by atoms with Crippen molar-refractivity contribution < 1.29 is 23.1 Å². The first-order valence-corrected chi connectivity index (χ1v) is 9.51. The third kappa shape index (κ3) is 6.86. The van der Waals surface area contributed by atoms with Gasteiger partial charge in [-0.3, -0.25) is 4.79 Å². The molecule has 0 saturated carbocycles. The Labute approximate surface area is 154 Å². The Balaban J connectivity index is 2.94. The fraction of sp³-hybridized carbons (Fsp3) is 0.444. The van der Waals surface area contributed by atoms with Crippen LogP contribution in [0.2, 0.25) is 0 Å². The number of sulfonamides is 1. The fourth-order valence-electron chi connectivity index (χ4n) is 2.10. The van der Waals surface area contributed by atoms with Gasteiger partial charge in [0, 0.05) is 5.56 Å². The highest BCUT2D eigenvalue weighted by molar-refractivity contribution is 7.89. The Kier molecular flexibility index (Phi) is 7.36. The summed E-state index contributed by atoms with van der Waals surface area (Å²) < 4.78 is 26.4. The number of carboxylic acid groups (broad SMARTS) is 1. The number of hydrogen-bond acceptors (Lipinski definition) is 4. The van der Waals surface area contributed by atoms with Crippen molar-refractivity contribution in [1.29, 1.82) is 0 Å². The van der Waals surface area contributed by atoms with E-state index < -0.39 is 27.9 Å². The van der Waals surface area contributed by atoms with Crippen LogP contribution in [0.5, 0.6) is 0 Å². The molecule has 0 aliphatic carbocycles. The molecule has 142 valence electrons. The molecular formula is C18H24N2O5S. The summed E-state index contributed by atoms with van der Waals surface area (Å²) in [4.78, 5) is 23.6. The van der Waals surface area contributed by atoms with Gasteiger partial charge in [-0.2, -0.15) is 4.72 Å². The Morgan fingerprint density at radius 3 is 2.50 bits per heavy atom. The van der Waals surface area contributed by atoms with E-state index in [4.69, 9.17) is 6.42 Å². The topological polar surface area (TPSA) is 113 Å². The van der Waals surface area contributed by atoms with Crippen LogP contribution in [0.1, 0.15) is 44.0 Å². The number of rotatable bonds is 8. The van der Waals surface area contributed by atoms with Crippen LogP contribution >= 0.6 is 0 Å². The fourth-order valence-corrected chi connectivity index (χ4v) is 3.08. The van der Waals surface area contributed by atoms with E-state index in [0.29, 0.717) is 6.42 Å². The maximum atomic E-state index is 12.4. The minimum Gasteiger partial charge on any atom is -0.480 e. The highest BCUT2D eigenvalue weighted by Gasteiger charge is 2.24. The van der Waals surface area contributed by atoms with Gasteiger partial charge in [0.2, 0.25) is 10.0 Å². The third-order valence-corrected chi connectivity index (χ3v) is 4.96. The van der Waals surface area contributed by atoms with E-state index in [1.54, 1.807) is 0 Å². The molecule has 1 aromatic carbocycles. The second-order valence-corrected chi connectivity index (χ2v) is 8.79. The van der Waals surface area contributed by atoms with Crippen molar-refractivity contribution in [2.75, 3.05) is 6.54 Å². The Morgan fingerprint density at radius 2 is 1.96 bits per heavy atom. The van der Waals surface area contributed by atoms with E-state index >= 15 is 0 Å². The zero-order valence-corrected chi connectivity index (χ0v) is 15.9. The zero-order chi connectivity index (χ0) is 20.0. The number of terminal acetylenes is 1. The molecule has 0 saturated heterocycles. The van der Waals surface area contributed by atoms with Crippen molar-refractivity contribution in [2.45, 2.75) is 44.6 Å². The number of carboxylic acids is 1. The quantitative estimate of drug-likeness (QED) is 0.593. The van der Waals surface area contributed by atoms with Crippen LogP contribution < -0.4 is 10.0 Å². The van der Waals surface area contributed by atoms with Crippen molar-refractivity contribution in [2.24, 2.45) is 5.41 Å². The van der Waals surface area contributed by atoms with E-state index in [9.17, 15) is 23.1 Å². The van der Waals surface area contributed by atoms with Crippen molar-refractivity contribution in [3.8, 4) is 12.3 Å². The predicted octanol–water partition coefficient (Wildman–Crippen LogP) is 1.61. The summed E-state index contributed by atoms with van der Waals surface area (Å²) in [6.45, 7) is 5.76. The normalized spacial score (nSPS) is 12.8. The summed E-state index contributed by atoms with van der Waals surface area (Å²) in [7, 11) is -3.84. The molecule has 8 heteroatoms. The van der Waals surface area contributed by atoms with Crippen LogP contribution in [0.15, 0.2) is 29.2 Å². The molecule has 7 nitrogen and oxygen atoms in total. The standard InChI is InChI=1S/C18H24N2O5S/c1-5-11-19-26(24,25)14-8-6-7-13(12-14)16(21)20-15(17(22)23)9-10-18(2,3)4/h1,6-8,12,15,19H,9-11H2,2-4H3,(H,20,21)(H,22,23). The van der Waals surface area contributed by atoms with Gasteiger partial charge < -0.3 is 10.4 Å². The molecule has 1 rings (SSSR count). The van der Waals surface area contributed by atoms with Gasteiger partial charge in [-0.05, 0) is 36.5 Å². The first kappa shape index (κ1) is 21.7. The van der Waals surface area contributed by atoms with Gasteiger partial charge in [0.1, 0.15) is 6.04 Å². The lowest BCUT2D eigenvalue weighted by molar-refractivity contribution is -0.139. The molecule has 0 radical (unpaired) electrons. The first-order chi connectivity index (χ1) is 12.0. The number of aliphatic carboxylic acids is 1. The second-order valence-electron chi connectivity index (χ2n) is 7.02. The van der Waals surface area contributed by atoms with Crippen LogP contribution in [-0.2, 0) is 14.8 Å². The lowest BCUT2D eigenvalue weighted by atomic mass is 9.88. The van der Waals surface area contributed by atoms with E-state index in [1.807, 2.05) is 20.8 Å². The molecule has 1 unspecified atom stereocenters. The van der Waals surface area contributed by atoms with Crippen molar-refractivity contribution in [3.05, 3.63) is 29.8 Å². The van der Waals surface area contributed by atoms with Crippen LogP contribution in [-0.4, -0.2) is 38.0 Å². The van der Waals surface area contributed by atoms with E-state index in [2.05, 4.69) is 16.0 Å². The molecular weight excluding hydrogens is 356 g/mol. The first-order valence-electron chi connectivity index (χ1n) is 8.03. The molecule has 1 atom stereocenters. The Hall–Kier alpha value is -2.37. The molecule has 26 heavy (non-hydrogen) atoms. The second kappa shape index (κ2) is 8.83. The summed E-state index contributed by atoms with van der Waals surface area (Å²) in [5.41, 5.74) is -0.0228. The number of carbonyl (C=O) groups is 2. The number of nitrogens with one attached hydrogen (secondary N) is 2. The summed E-state index contributed by atoms with van der Waals surface area (Å²) in [5, 5.41) is 11.7. The summed E-state index contributed by atoms with van der Waals surface area (Å²) in [6.07, 6.45) is 5.91. The molecule has 0 aromatic heterocycles. The van der Waals surface area contributed by atoms with Gasteiger partial charge in [-0.25, -0.2) is 13.2 Å². The van der Waals surface area contributed by atoms with E-state index in [0.717, 1.165) is 0 Å². The largest absolute Gasteiger partial charge is 0.480 e. The number of hydrogen-bond donors (Lipinski definition) is 3. The predicted molar refractivity (Wildman–Crippen MR) is 98.0 cm³/mol. The van der Waals surface area contributed by atoms with Crippen LogP contribution in [0.25, 0.3) is 0 Å². The molecule has 0 fully saturated rings. The molecule has 0 aliphatic rings. The van der Waals surface area contributed by atoms with Crippen molar-refractivity contribution >= 4 is 21.9 Å². The zero-order valence-electron chi connectivity index (χ0n) is 15.1. The summed E-state index contributed by atoms with van der Waals surface area (Å²) >= 11 is 0. The highest BCUT2D eigenvalue weighted by atomic mass is 32.2. The minimum absolute atomic E-state index is 0.0515. The highest BCUT2D eigenvalue weighted by Crippen LogP contribution is 2.22. The Morgan fingerprint density at radius 1 is 1.31 bits per heavy atom. The SMILES string of the molecule is C#CCNS(=O)(=O)c1cccc(C(=O)NC(CCC(C)(C)C)C(=O)O)c1. The molecule has 0 bridgehead atoms. The van der Waals surface area contributed by atoms with Crippen molar-refractivity contribution in [1.82, 2.24) is 10.0 Å². The molecule has 0 heterocycles. The third-order valence-electron chi connectivity index (χ3n) is 3.56. The summed E-state index contributed by atoms with van der Waals surface area (Å²) in [5.74, 6) is 0.371. The maximum Gasteiger partial charge on any atom is 0.326 e. The smallest absolute Gasteiger partial charge is 0.326 e. The maximum absolute atomic E-state index is 12.4. The molecule has 1 aromatic rings. The molecule has 3 N–H and O–H groups in total. The van der Waals surface area contributed by atoms with Crippen LogP contribution in [0.3, 0.4) is 0 Å². The van der Waals surface area contributed by atoms with Gasteiger partial charge in [-0.15, -0.1) is 6.42 Å². The number of benzene rings is 1. The van der Waals surface area contributed by atoms with Crippen LogP contribution in [0, 0.1) is 17.8 Å². The lowest BCUT2D eigenvalue weighted by Gasteiger charge is -2.21. The van der Waals surface area contributed by atoms with Gasteiger partial charge >= 0.3 is 5.97 Å².